The van der Waals surface area contributed by atoms with Crippen LogP contribution in [0.1, 0.15) is 84.5 Å². The molecule has 4 nitrogen and oxygen atoms in total. The molecule has 0 spiro atoms. The maximum Gasteiger partial charge on any atom is 0.303 e. The summed E-state index contributed by atoms with van der Waals surface area (Å²) in [6.07, 6.45) is 14.0. The first-order chi connectivity index (χ1) is 12.9. The molecule has 0 radical (unpaired) electrons. The van der Waals surface area contributed by atoms with Crippen molar-refractivity contribution in [3.05, 3.63) is 23.5 Å². The van der Waals surface area contributed by atoms with Crippen molar-refractivity contribution in [2.45, 2.75) is 90.6 Å². The lowest BCUT2D eigenvalue weighted by Gasteiger charge is -2.21. The summed E-state index contributed by atoms with van der Waals surface area (Å²) in [6.45, 7) is 4.45. The van der Waals surface area contributed by atoms with Crippen LogP contribution in [0.2, 0.25) is 0 Å². The van der Waals surface area contributed by atoms with E-state index in [1.165, 1.54) is 31.3 Å². The molecule has 3 N–H and O–H groups in total. The summed E-state index contributed by atoms with van der Waals surface area (Å²) >= 11 is 0. The number of carbonyl (C=O) groups is 1. The van der Waals surface area contributed by atoms with Crippen LogP contribution in [0.25, 0.3) is 0 Å². The minimum atomic E-state index is -0.737. The van der Waals surface area contributed by atoms with Gasteiger partial charge < -0.3 is 15.3 Å². The van der Waals surface area contributed by atoms with Crippen LogP contribution in [0.15, 0.2) is 23.5 Å². The van der Waals surface area contributed by atoms with Gasteiger partial charge >= 0.3 is 5.97 Å². The van der Waals surface area contributed by atoms with E-state index in [2.05, 4.69) is 19.9 Å². The number of hydrogen-bond acceptors (Lipinski definition) is 3. The number of hydrogen-bond donors (Lipinski definition) is 3. The zero-order valence-corrected chi connectivity index (χ0v) is 17.1. The van der Waals surface area contributed by atoms with E-state index in [0.717, 1.165) is 32.1 Å². The topological polar surface area (TPSA) is 77.8 Å². The quantitative estimate of drug-likeness (QED) is 0.248. The third-order valence-corrected chi connectivity index (χ3v) is 6.45. The van der Waals surface area contributed by atoms with Gasteiger partial charge in [0.15, 0.2) is 0 Å². The van der Waals surface area contributed by atoms with Gasteiger partial charge in [0.05, 0.1) is 11.9 Å². The minimum absolute atomic E-state index is 0.122. The van der Waals surface area contributed by atoms with Crippen LogP contribution >= 0.6 is 0 Å². The van der Waals surface area contributed by atoms with Gasteiger partial charge in [-0.25, -0.2) is 0 Å². The predicted molar refractivity (Wildman–Crippen MR) is 109 cm³/mol. The highest BCUT2D eigenvalue weighted by molar-refractivity contribution is 5.66. The first-order valence-corrected chi connectivity index (χ1v) is 10.9. The SMILES string of the molecule is CCCCCC(C)C/C=C(/O)[C@@H]1[C@H]2C/C(=C\CCCC(=O)O)C[C@H]2C[C@H]1O. The van der Waals surface area contributed by atoms with Crippen molar-refractivity contribution >= 4 is 5.97 Å². The first kappa shape index (κ1) is 22.0. The van der Waals surface area contributed by atoms with E-state index in [1.54, 1.807) is 0 Å². The third-order valence-electron chi connectivity index (χ3n) is 6.45. The molecule has 0 aliphatic heterocycles. The molecule has 0 aromatic rings. The Kier molecular flexibility index (Phi) is 8.88. The summed E-state index contributed by atoms with van der Waals surface area (Å²) in [5.74, 6) is 0.887. The van der Waals surface area contributed by atoms with Gasteiger partial charge in [-0.2, -0.15) is 0 Å². The third kappa shape index (κ3) is 6.67. The fraction of sp³-hybridized carbons (Fsp3) is 0.783. The van der Waals surface area contributed by atoms with Crippen molar-refractivity contribution in [2.24, 2.45) is 23.7 Å². The van der Waals surface area contributed by atoms with E-state index >= 15 is 0 Å². The molecule has 4 heteroatoms. The van der Waals surface area contributed by atoms with E-state index in [-0.39, 0.29) is 12.3 Å². The zero-order valence-electron chi connectivity index (χ0n) is 17.1. The smallest absolute Gasteiger partial charge is 0.303 e. The van der Waals surface area contributed by atoms with E-state index in [4.69, 9.17) is 5.11 Å². The molecular formula is C23H38O4. The molecule has 0 saturated heterocycles. The van der Waals surface area contributed by atoms with Gasteiger partial charge in [0.1, 0.15) is 0 Å². The lowest BCUT2D eigenvalue weighted by Crippen LogP contribution is -2.21. The standard InChI is InChI=1S/C23H38O4/c1-3-4-5-8-16(2)11-12-20(24)23-19-14-17(9-6-7-10-22(26)27)13-18(19)15-21(23)25/h9,12,16,18-19,21,23-25H,3-8,10-11,13-15H2,1-2H3,(H,26,27)/b17-9-,20-12+/t16?,18-,19-,21+,23-/m0/s1. The van der Waals surface area contributed by atoms with Gasteiger partial charge in [-0.3, -0.25) is 4.79 Å². The summed E-state index contributed by atoms with van der Waals surface area (Å²) in [4.78, 5) is 10.6. The Labute approximate surface area is 164 Å². The molecule has 2 saturated carbocycles. The molecule has 154 valence electrons. The zero-order chi connectivity index (χ0) is 19.8. The van der Waals surface area contributed by atoms with Crippen molar-refractivity contribution in [3.63, 3.8) is 0 Å². The molecule has 0 bridgehead atoms. The highest BCUT2D eigenvalue weighted by atomic mass is 16.4. The molecule has 2 aliphatic carbocycles. The van der Waals surface area contributed by atoms with Crippen molar-refractivity contribution < 1.29 is 20.1 Å². The summed E-state index contributed by atoms with van der Waals surface area (Å²) in [7, 11) is 0. The second kappa shape index (κ2) is 10.9. The molecule has 5 atom stereocenters. The molecule has 0 heterocycles. The number of rotatable bonds is 11. The number of carboxylic acid groups (broad SMARTS) is 1. The Bertz CT molecular complexity index is 536. The van der Waals surface area contributed by atoms with Gasteiger partial charge in [0.25, 0.3) is 0 Å². The second-order valence-electron chi connectivity index (χ2n) is 8.78. The molecule has 27 heavy (non-hydrogen) atoms. The Morgan fingerprint density at radius 1 is 1.22 bits per heavy atom. The number of aliphatic hydroxyl groups excluding tert-OH is 2. The number of carboxylic acids is 1. The minimum Gasteiger partial charge on any atom is -0.512 e. The molecule has 0 amide bonds. The molecule has 2 fully saturated rings. The van der Waals surface area contributed by atoms with Crippen LogP contribution in [0.5, 0.6) is 0 Å². The van der Waals surface area contributed by atoms with Crippen molar-refractivity contribution in [1.29, 1.82) is 0 Å². The molecule has 1 unspecified atom stereocenters. The molecule has 0 aromatic heterocycles. The highest BCUT2D eigenvalue weighted by Gasteiger charge is 2.47. The Balaban J connectivity index is 1.86. The molecule has 2 aliphatic rings. The number of aliphatic hydroxyl groups is 2. The van der Waals surface area contributed by atoms with Crippen LogP contribution in [0.4, 0.5) is 0 Å². The summed E-state index contributed by atoms with van der Waals surface area (Å²) in [6, 6.07) is 0. The van der Waals surface area contributed by atoms with Gasteiger partial charge in [-0.1, -0.05) is 51.2 Å². The fourth-order valence-corrected chi connectivity index (χ4v) is 4.92. The van der Waals surface area contributed by atoms with E-state index in [0.29, 0.717) is 29.9 Å². The van der Waals surface area contributed by atoms with Crippen LogP contribution in [0, 0.1) is 23.7 Å². The van der Waals surface area contributed by atoms with Crippen molar-refractivity contribution in [2.75, 3.05) is 0 Å². The van der Waals surface area contributed by atoms with Gasteiger partial charge in [-0.15, -0.1) is 0 Å². The maximum atomic E-state index is 10.7. The number of aliphatic carboxylic acids is 1. The van der Waals surface area contributed by atoms with Gasteiger partial charge in [0.2, 0.25) is 0 Å². The van der Waals surface area contributed by atoms with Crippen molar-refractivity contribution in [1.82, 2.24) is 0 Å². The summed E-state index contributed by atoms with van der Waals surface area (Å²) < 4.78 is 0. The summed E-state index contributed by atoms with van der Waals surface area (Å²) in [5, 5.41) is 29.9. The van der Waals surface area contributed by atoms with Crippen LogP contribution < -0.4 is 0 Å². The number of unbranched alkanes of at least 4 members (excludes halogenated alkanes) is 3. The average molecular weight is 379 g/mol. The Hall–Kier alpha value is -1.29. The lowest BCUT2D eigenvalue weighted by atomic mass is 9.88. The predicted octanol–water partition coefficient (Wildman–Crippen LogP) is 5.62. The van der Waals surface area contributed by atoms with E-state index < -0.39 is 12.1 Å². The van der Waals surface area contributed by atoms with E-state index in [1.807, 2.05) is 6.08 Å². The van der Waals surface area contributed by atoms with Crippen LogP contribution in [-0.4, -0.2) is 27.4 Å². The molecule has 0 aromatic carbocycles. The van der Waals surface area contributed by atoms with Crippen molar-refractivity contribution in [3.8, 4) is 0 Å². The molecular weight excluding hydrogens is 340 g/mol. The fourth-order valence-electron chi connectivity index (χ4n) is 4.92. The maximum absolute atomic E-state index is 10.7. The number of allylic oxidation sites excluding steroid dienone is 3. The van der Waals surface area contributed by atoms with Crippen LogP contribution in [0.3, 0.4) is 0 Å². The Morgan fingerprint density at radius 3 is 2.70 bits per heavy atom. The van der Waals surface area contributed by atoms with Crippen LogP contribution in [-0.2, 0) is 4.79 Å². The van der Waals surface area contributed by atoms with Gasteiger partial charge in [-0.05, 0) is 62.4 Å². The molecule has 2 rings (SSSR count). The number of fused-ring (bicyclic) bond motifs is 1. The van der Waals surface area contributed by atoms with E-state index in [9.17, 15) is 15.0 Å². The largest absolute Gasteiger partial charge is 0.512 e. The first-order valence-electron chi connectivity index (χ1n) is 10.9. The van der Waals surface area contributed by atoms with Gasteiger partial charge in [0, 0.05) is 12.3 Å². The normalized spacial score (nSPS) is 30.6. The monoisotopic (exact) mass is 378 g/mol. The highest BCUT2D eigenvalue weighted by Crippen LogP contribution is 2.52. The Morgan fingerprint density at radius 2 is 2.00 bits per heavy atom. The summed E-state index contributed by atoms with van der Waals surface area (Å²) in [5.41, 5.74) is 1.38. The average Bonchev–Trinajstić information content (AvgIpc) is 3.12. The lowest BCUT2D eigenvalue weighted by molar-refractivity contribution is -0.137. The second-order valence-corrected chi connectivity index (χ2v) is 8.78.